The molecule has 0 spiro atoms. The third kappa shape index (κ3) is 3.00. The number of carbonyl (C=O) groups is 1. The number of ether oxygens (including phenoxy) is 1. The van der Waals surface area contributed by atoms with Crippen molar-refractivity contribution < 1.29 is 9.53 Å². The van der Waals surface area contributed by atoms with Crippen LogP contribution in [-0.4, -0.2) is 5.12 Å². The molecule has 3 aromatic carbocycles. The molecule has 6 rings (SSSR count). The fraction of sp³-hybridized carbons (Fsp3) is 0.296. The SMILES string of the molecule is Cc1ccc2c(c1)C(c1cc3c(cc1C)C(c1cc4c(cc1C)C(=O)SC4)NC3)OC2. The van der Waals surface area contributed by atoms with E-state index >= 15 is 0 Å². The van der Waals surface area contributed by atoms with Gasteiger partial charge in [0, 0.05) is 17.9 Å². The van der Waals surface area contributed by atoms with E-state index in [9.17, 15) is 4.79 Å². The van der Waals surface area contributed by atoms with Crippen LogP contribution < -0.4 is 5.32 Å². The van der Waals surface area contributed by atoms with Crippen molar-refractivity contribution in [3.8, 4) is 0 Å². The second kappa shape index (κ2) is 7.06. The zero-order valence-corrected chi connectivity index (χ0v) is 18.9. The number of carbonyl (C=O) groups excluding carboxylic acids is 1. The Morgan fingerprint density at radius 2 is 1.68 bits per heavy atom. The van der Waals surface area contributed by atoms with Gasteiger partial charge in [0.1, 0.15) is 6.10 Å². The summed E-state index contributed by atoms with van der Waals surface area (Å²) in [7, 11) is 0. The van der Waals surface area contributed by atoms with Crippen LogP contribution in [0.5, 0.6) is 0 Å². The normalized spacial score (nSPS) is 21.3. The van der Waals surface area contributed by atoms with Crippen LogP contribution in [0, 0.1) is 20.8 Å². The van der Waals surface area contributed by atoms with E-state index < -0.39 is 0 Å². The lowest BCUT2D eigenvalue weighted by molar-refractivity contribution is 0.0934. The van der Waals surface area contributed by atoms with Crippen molar-refractivity contribution >= 4 is 16.9 Å². The maximum atomic E-state index is 12.1. The summed E-state index contributed by atoms with van der Waals surface area (Å²) in [5.74, 6) is 0.789. The van der Waals surface area contributed by atoms with Crippen LogP contribution in [0.25, 0.3) is 0 Å². The Morgan fingerprint density at radius 1 is 0.871 bits per heavy atom. The van der Waals surface area contributed by atoms with Crippen LogP contribution in [0.4, 0.5) is 0 Å². The molecule has 2 atom stereocenters. The zero-order valence-electron chi connectivity index (χ0n) is 18.0. The molecule has 0 saturated carbocycles. The molecule has 0 bridgehead atoms. The minimum Gasteiger partial charge on any atom is -0.364 e. The van der Waals surface area contributed by atoms with Gasteiger partial charge in [0.15, 0.2) is 0 Å². The Bertz CT molecular complexity index is 1260. The second-order valence-corrected chi connectivity index (χ2v) is 10.0. The van der Waals surface area contributed by atoms with Crippen molar-refractivity contribution in [1.29, 1.82) is 0 Å². The molecule has 0 aromatic heterocycles. The van der Waals surface area contributed by atoms with E-state index in [4.69, 9.17) is 4.74 Å². The first kappa shape index (κ1) is 19.3. The first-order valence-corrected chi connectivity index (χ1v) is 11.9. The number of hydrogen-bond donors (Lipinski definition) is 1. The Hall–Kier alpha value is -2.40. The van der Waals surface area contributed by atoms with Crippen molar-refractivity contribution in [2.75, 3.05) is 0 Å². The molecule has 1 N–H and O–H groups in total. The van der Waals surface area contributed by atoms with E-state index in [0.29, 0.717) is 6.61 Å². The summed E-state index contributed by atoms with van der Waals surface area (Å²) >= 11 is 1.41. The smallest absolute Gasteiger partial charge is 0.219 e. The molecule has 3 aromatic rings. The van der Waals surface area contributed by atoms with Gasteiger partial charge in [-0.2, -0.15) is 0 Å². The predicted molar refractivity (Wildman–Crippen MR) is 124 cm³/mol. The number of hydrogen-bond acceptors (Lipinski definition) is 4. The van der Waals surface area contributed by atoms with E-state index in [1.54, 1.807) is 0 Å². The minimum absolute atomic E-state index is 0.0176. The maximum Gasteiger partial charge on any atom is 0.219 e. The third-order valence-electron chi connectivity index (χ3n) is 6.99. The summed E-state index contributed by atoms with van der Waals surface area (Å²) in [6.07, 6.45) is 0.0176. The highest BCUT2D eigenvalue weighted by atomic mass is 32.2. The lowest BCUT2D eigenvalue weighted by Crippen LogP contribution is -2.15. The Kier molecular flexibility index (Phi) is 4.39. The molecule has 3 heterocycles. The highest BCUT2D eigenvalue weighted by Crippen LogP contribution is 2.42. The molecule has 0 saturated heterocycles. The first-order chi connectivity index (χ1) is 15.0. The van der Waals surface area contributed by atoms with Crippen LogP contribution in [0.2, 0.25) is 0 Å². The maximum absolute atomic E-state index is 12.1. The molecule has 3 aliphatic heterocycles. The predicted octanol–water partition coefficient (Wildman–Crippen LogP) is 5.81. The average molecular weight is 428 g/mol. The number of thioether (sulfide) groups is 1. The lowest BCUT2D eigenvalue weighted by Gasteiger charge is -2.20. The van der Waals surface area contributed by atoms with Gasteiger partial charge in [-0.05, 0) is 76.9 Å². The summed E-state index contributed by atoms with van der Waals surface area (Å²) in [6.45, 7) is 8.00. The van der Waals surface area contributed by atoms with E-state index in [2.05, 4.69) is 68.6 Å². The third-order valence-corrected chi connectivity index (χ3v) is 7.93. The van der Waals surface area contributed by atoms with Gasteiger partial charge in [0.2, 0.25) is 5.12 Å². The Balaban J connectivity index is 1.40. The highest BCUT2D eigenvalue weighted by Gasteiger charge is 2.31. The molecule has 2 unspecified atom stereocenters. The molecule has 0 aliphatic carbocycles. The van der Waals surface area contributed by atoms with E-state index in [0.717, 1.165) is 17.9 Å². The average Bonchev–Trinajstić information content (AvgIpc) is 3.44. The largest absolute Gasteiger partial charge is 0.364 e. The van der Waals surface area contributed by atoms with Gasteiger partial charge in [-0.3, -0.25) is 4.79 Å². The number of fused-ring (bicyclic) bond motifs is 3. The minimum atomic E-state index is 0.0176. The molecular weight excluding hydrogens is 402 g/mol. The quantitative estimate of drug-likeness (QED) is 0.560. The van der Waals surface area contributed by atoms with Gasteiger partial charge in [0.05, 0.1) is 12.6 Å². The summed E-state index contributed by atoms with van der Waals surface area (Å²) < 4.78 is 6.24. The second-order valence-electron chi connectivity index (χ2n) is 9.06. The summed E-state index contributed by atoms with van der Waals surface area (Å²) in [5.41, 5.74) is 13.7. The molecular formula is C27H25NO2S. The fourth-order valence-electron chi connectivity index (χ4n) is 5.32. The summed E-state index contributed by atoms with van der Waals surface area (Å²) in [4.78, 5) is 12.1. The molecule has 156 valence electrons. The molecule has 4 heteroatoms. The molecule has 31 heavy (non-hydrogen) atoms. The van der Waals surface area contributed by atoms with Crippen LogP contribution in [-0.2, 0) is 23.6 Å². The summed E-state index contributed by atoms with van der Waals surface area (Å²) in [5, 5.41) is 3.93. The standard InChI is InChI=1S/C27H25NO2S/c1-14-4-5-17-12-30-26(23(17)6-14)21-9-18-11-28-25(22(18)7-16(21)3)20-10-19-13-31-27(29)24(19)8-15(20)2/h4-10,25-26,28H,11-13H2,1-3H3. The molecule has 0 radical (unpaired) electrons. The van der Waals surface area contributed by atoms with Gasteiger partial charge in [-0.1, -0.05) is 53.7 Å². The Morgan fingerprint density at radius 3 is 2.55 bits per heavy atom. The highest BCUT2D eigenvalue weighted by molar-refractivity contribution is 8.13. The topological polar surface area (TPSA) is 38.3 Å². The number of benzene rings is 3. The molecule has 3 nitrogen and oxygen atoms in total. The van der Waals surface area contributed by atoms with Gasteiger partial charge in [0.25, 0.3) is 0 Å². The van der Waals surface area contributed by atoms with Crippen LogP contribution >= 0.6 is 11.8 Å². The number of rotatable bonds is 2. The fourth-order valence-corrected chi connectivity index (χ4v) is 6.19. The number of nitrogens with one attached hydrogen (secondary N) is 1. The van der Waals surface area contributed by atoms with Crippen molar-refractivity contribution in [3.05, 3.63) is 104 Å². The van der Waals surface area contributed by atoms with Gasteiger partial charge >= 0.3 is 0 Å². The first-order valence-electron chi connectivity index (χ1n) is 10.9. The van der Waals surface area contributed by atoms with Crippen LogP contribution in [0.3, 0.4) is 0 Å². The van der Waals surface area contributed by atoms with Crippen molar-refractivity contribution in [3.63, 3.8) is 0 Å². The van der Waals surface area contributed by atoms with E-state index in [1.165, 1.54) is 67.4 Å². The lowest BCUT2D eigenvalue weighted by atomic mass is 9.88. The van der Waals surface area contributed by atoms with Crippen molar-refractivity contribution in [1.82, 2.24) is 5.32 Å². The Labute approximate surface area is 187 Å². The van der Waals surface area contributed by atoms with Gasteiger partial charge in [-0.15, -0.1) is 0 Å². The van der Waals surface area contributed by atoms with E-state index in [1.807, 2.05) is 0 Å². The van der Waals surface area contributed by atoms with Crippen LogP contribution in [0.15, 0.2) is 42.5 Å². The van der Waals surface area contributed by atoms with Crippen LogP contribution in [0.1, 0.15) is 78.1 Å². The molecule has 0 amide bonds. The molecule has 3 aliphatic rings. The van der Waals surface area contributed by atoms with E-state index in [-0.39, 0.29) is 17.3 Å². The van der Waals surface area contributed by atoms with Gasteiger partial charge in [-0.25, -0.2) is 0 Å². The van der Waals surface area contributed by atoms with Crippen molar-refractivity contribution in [2.45, 2.75) is 51.8 Å². The monoisotopic (exact) mass is 427 g/mol. The summed E-state index contributed by atoms with van der Waals surface area (Å²) in [6, 6.07) is 15.8. The zero-order chi connectivity index (χ0) is 21.3. The molecule has 0 fully saturated rings. The van der Waals surface area contributed by atoms with Crippen molar-refractivity contribution in [2.24, 2.45) is 0 Å². The van der Waals surface area contributed by atoms with Gasteiger partial charge < -0.3 is 10.1 Å². The number of aryl methyl sites for hydroxylation is 3.